The molecule has 1 aliphatic heterocycles. The number of nitrogens with zero attached hydrogens (tertiary/aromatic N) is 3. The Labute approximate surface area is 192 Å². The molecule has 7 heteroatoms. The first-order valence-electron chi connectivity index (χ1n) is 11.4. The lowest BCUT2D eigenvalue weighted by atomic mass is 9.96. The Balaban J connectivity index is 1.27. The lowest BCUT2D eigenvalue weighted by Crippen LogP contribution is -2.43. The molecule has 168 valence electrons. The number of H-pyrrole nitrogens is 1. The molecular weight excluding hydrogens is 414 g/mol. The fraction of sp³-hybridized carbons (Fsp3) is 0.269. The number of aromatic amines is 1. The Morgan fingerprint density at radius 3 is 2.85 bits per heavy atom. The largest absolute Gasteiger partial charge is 0.355 e. The summed E-state index contributed by atoms with van der Waals surface area (Å²) in [4.78, 5) is 31.1. The van der Waals surface area contributed by atoms with Crippen molar-refractivity contribution >= 4 is 28.4 Å². The molecule has 4 aromatic rings. The first-order chi connectivity index (χ1) is 16.1. The fourth-order valence-electron chi connectivity index (χ4n) is 4.44. The normalized spacial score (nSPS) is 16.2. The summed E-state index contributed by atoms with van der Waals surface area (Å²) in [6.07, 6.45) is 4.94. The van der Waals surface area contributed by atoms with E-state index in [0.29, 0.717) is 18.7 Å². The number of aromatic nitrogens is 3. The van der Waals surface area contributed by atoms with Crippen molar-refractivity contribution in [3.8, 4) is 11.3 Å². The number of aryl methyl sites for hydroxylation is 1. The summed E-state index contributed by atoms with van der Waals surface area (Å²) in [5, 5.41) is 8.41. The van der Waals surface area contributed by atoms with Crippen molar-refractivity contribution in [3.05, 3.63) is 72.6 Å². The molecule has 7 nitrogen and oxygen atoms in total. The van der Waals surface area contributed by atoms with Crippen molar-refractivity contribution in [1.29, 1.82) is 0 Å². The van der Waals surface area contributed by atoms with Crippen molar-refractivity contribution in [1.82, 2.24) is 19.7 Å². The van der Waals surface area contributed by atoms with Crippen molar-refractivity contribution in [2.75, 3.05) is 18.4 Å². The van der Waals surface area contributed by atoms with E-state index in [1.165, 1.54) is 0 Å². The highest BCUT2D eigenvalue weighted by atomic mass is 16.2. The number of piperidine rings is 1. The predicted molar refractivity (Wildman–Crippen MR) is 129 cm³/mol. The van der Waals surface area contributed by atoms with Gasteiger partial charge in [0.2, 0.25) is 5.91 Å². The summed E-state index contributed by atoms with van der Waals surface area (Å²) < 4.78 is 1.74. The fourth-order valence-corrected chi connectivity index (χ4v) is 4.44. The van der Waals surface area contributed by atoms with Gasteiger partial charge in [0.1, 0.15) is 0 Å². The van der Waals surface area contributed by atoms with Crippen LogP contribution in [0, 0.1) is 5.92 Å². The summed E-state index contributed by atoms with van der Waals surface area (Å²) in [5.74, 6) is -0.348. The van der Waals surface area contributed by atoms with Crippen LogP contribution in [-0.4, -0.2) is 44.6 Å². The van der Waals surface area contributed by atoms with Gasteiger partial charge in [0.25, 0.3) is 5.91 Å². The second-order valence-corrected chi connectivity index (χ2v) is 8.52. The van der Waals surface area contributed by atoms with Gasteiger partial charge >= 0.3 is 0 Å². The number of carbonyl (C=O) groups is 2. The van der Waals surface area contributed by atoms with Crippen LogP contribution in [0.1, 0.15) is 30.1 Å². The van der Waals surface area contributed by atoms with Crippen molar-refractivity contribution in [3.63, 3.8) is 0 Å². The highest BCUT2D eigenvalue weighted by Crippen LogP contribution is 2.27. The van der Waals surface area contributed by atoms with Crippen LogP contribution in [0.2, 0.25) is 0 Å². The first kappa shape index (κ1) is 21.0. The van der Waals surface area contributed by atoms with E-state index in [4.69, 9.17) is 0 Å². The van der Waals surface area contributed by atoms with Crippen LogP contribution in [0.5, 0.6) is 0 Å². The van der Waals surface area contributed by atoms with Crippen molar-refractivity contribution in [2.24, 2.45) is 5.92 Å². The van der Waals surface area contributed by atoms with Gasteiger partial charge in [-0.1, -0.05) is 30.3 Å². The third-order valence-electron chi connectivity index (χ3n) is 6.25. The summed E-state index contributed by atoms with van der Waals surface area (Å²) in [6, 6.07) is 18.1. The molecular formula is C26H27N5O2. The van der Waals surface area contributed by atoms with Gasteiger partial charge in [-0.25, -0.2) is 0 Å². The van der Waals surface area contributed by atoms with Crippen LogP contribution in [0.15, 0.2) is 67.0 Å². The molecule has 1 aliphatic rings. The van der Waals surface area contributed by atoms with Crippen LogP contribution in [-0.2, 0) is 11.3 Å². The number of amides is 2. The molecule has 2 aromatic heterocycles. The zero-order valence-electron chi connectivity index (χ0n) is 18.6. The number of likely N-dealkylation sites (tertiary alicyclic amines) is 1. The van der Waals surface area contributed by atoms with Crippen LogP contribution >= 0.6 is 0 Å². The second-order valence-electron chi connectivity index (χ2n) is 8.52. The van der Waals surface area contributed by atoms with Crippen LogP contribution in [0.25, 0.3) is 22.2 Å². The van der Waals surface area contributed by atoms with Gasteiger partial charge in [-0.2, -0.15) is 5.10 Å². The van der Waals surface area contributed by atoms with E-state index in [0.717, 1.165) is 47.2 Å². The molecule has 2 amide bonds. The van der Waals surface area contributed by atoms with Gasteiger partial charge in [-0.3, -0.25) is 14.3 Å². The molecule has 0 saturated carbocycles. The molecule has 33 heavy (non-hydrogen) atoms. The number of rotatable bonds is 5. The Morgan fingerprint density at radius 1 is 1.15 bits per heavy atom. The summed E-state index contributed by atoms with van der Waals surface area (Å²) >= 11 is 0. The molecule has 1 fully saturated rings. The summed E-state index contributed by atoms with van der Waals surface area (Å²) in [7, 11) is 0. The Bertz CT molecular complexity index is 1270. The van der Waals surface area contributed by atoms with E-state index < -0.39 is 0 Å². The smallest absolute Gasteiger partial charge is 0.257 e. The second kappa shape index (κ2) is 8.94. The SMILES string of the molecule is CCn1cc(C(=O)N2CCC[C@@H](C(=O)Nc3cccc(-c4cc5ccccc5[nH]4)c3)C2)cn1. The maximum atomic E-state index is 13.0. The van der Waals surface area contributed by atoms with Gasteiger partial charge in [-0.05, 0) is 44.0 Å². The van der Waals surface area contributed by atoms with Crippen molar-refractivity contribution < 1.29 is 9.59 Å². The molecule has 0 aliphatic carbocycles. The number of fused-ring (bicyclic) bond motifs is 1. The topological polar surface area (TPSA) is 83.0 Å². The first-order valence-corrected chi connectivity index (χ1v) is 11.4. The number of nitrogens with one attached hydrogen (secondary N) is 2. The van der Waals surface area contributed by atoms with Gasteiger partial charge in [0, 0.05) is 53.7 Å². The molecule has 3 heterocycles. The molecule has 0 spiro atoms. The minimum atomic E-state index is -0.236. The van der Waals surface area contributed by atoms with Gasteiger partial charge < -0.3 is 15.2 Å². The molecule has 0 radical (unpaired) electrons. The highest BCUT2D eigenvalue weighted by Gasteiger charge is 2.29. The summed E-state index contributed by atoms with van der Waals surface area (Å²) in [5.41, 5.74) is 4.43. The number of benzene rings is 2. The predicted octanol–water partition coefficient (Wildman–Crippen LogP) is 4.54. The third kappa shape index (κ3) is 4.39. The average molecular weight is 442 g/mol. The molecule has 0 unspecified atom stereocenters. The van der Waals surface area contributed by atoms with E-state index in [9.17, 15) is 9.59 Å². The maximum absolute atomic E-state index is 13.0. The standard InChI is InChI=1S/C26H27N5O2/c1-2-31-17-21(15-27-31)26(33)30-12-6-9-20(16-30)25(32)28-22-10-5-8-18(13-22)24-14-19-7-3-4-11-23(19)29-24/h3-5,7-8,10-11,13-15,17,20,29H,2,6,9,12,16H2,1H3,(H,28,32)/t20-/m1/s1. The highest BCUT2D eigenvalue weighted by molar-refractivity contribution is 5.96. The van der Waals surface area contributed by atoms with Gasteiger partial charge in [-0.15, -0.1) is 0 Å². The van der Waals surface area contributed by atoms with E-state index in [-0.39, 0.29) is 17.7 Å². The third-order valence-corrected chi connectivity index (χ3v) is 6.25. The lowest BCUT2D eigenvalue weighted by molar-refractivity contribution is -0.121. The Morgan fingerprint density at radius 2 is 2.03 bits per heavy atom. The zero-order valence-corrected chi connectivity index (χ0v) is 18.6. The monoisotopic (exact) mass is 441 g/mol. The average Bonchev–Trinajstić information content (AvgIpc) is 3.51. The number of hydrogen-bond acceptors (Lipinski definition) is 3. The van der Waals surface area contributed by atoms with E-state index in [2.05, 4.69) is 27.5 Å². The zero-order chi connectivity index (χ0) is 22.8. The van der Waals surface area contributed by atoms with Crippen LogP contribution < -0.4 is 5.32 Å². The van der Waals surface area contributed by atoms with Gasteiger partial charge in [0.15, 0.2) is 0 Å². The van der Waals surface area contributed by atoms with Crippen LogP contribution in [0.4, 0.5) is 5.69 Å². The van der Waals surface area contributed by atoms with E-state index >= 15 is 0 Å². The van der Waals surface area contributed by atoms with Crippen LogP contribution in [0.3, 0.4) is 0 Å². The van der Waals surface area contributed by atoms with Gasteiger partial charge in [0.05, 0.1) is 17.7 Å². The number of anilines is 1. The molecule has 0 bridgehead atoms. The number of hydrogen-bond donors (Lipinski definition) is 2. The molecule has 5 rings (SSSR count). The number of carbonyl (C=O) groups excluding carboxylic acids is 2. The number of para-hydroxylation sites is 1. The van der Waals surface area contributed by atoms with Crippen molar-refractivity contribution in [2.45, 2.75) is 26.3 Å². The summed E-state index contributed by atoms with van der Waals surface area (Å²) in [6.45, 7) is 3.78. The van der Waals surface area contributed by atoms with E-state index in [1.54, 1.807) is 22.0 Å². The molecule has 1 atom stereocenters. The van der Waals surface area contributed by atoms with E-state index in [1.807, 2.05) is 49.4 Å². The molecule has 2 aromatic carbocycles. The minimum Gasteiger partial charge on any atom is -0.355 e. The quantitative estimate of drug-likeness (QED) is 0.477. The minimum absolute atomic E-state index is 0.0504. The lowest BCUT2D eigenvalue weighted by Gasteiger charge is -2.31. The Hall–Kier alpha value is -3.87. The molecule has 2 N–H and O–H groups in total. The maximum Gasteiger partial charge on any atom is 0.257 e. The molecule has 1 saturated heterocycles. The Kier molecular flexibility index (Phi) is 5.69.